The maximum absolute atomic E-state index is 12.6. The van der Waals surface area contributed by atoms with Gasteiger partial charge in [-0.15, -0.1) is 13.2 Å². The molecule has 346 valence electrons. The van der Waals surface area contributed by atoms with E-state index < -0.39 is 55.0 Å². The van der Waals surface area contributed by atoms with Gasteiger partial charge in [-0.2, -0.15) is 0 Å². The molecule has 22 heteroatoms. The van der Waals surface area contributed by atoms with Gasteiger partial charge >= 0.3 is 24.3 Å². The zero-order valence-corrected chi connectivity index (χ0v) is 35.5. The largest absolute Gasteiger partial charge is 0.573 e. The molecule has 0 saturated heterocycles. The van der Waals surface area contributed by atoms with E-state index in [0.29, 0.717) is 17.2 Å². The first-order chi connectivity index (χ1) is 31.3. The van der Waals surface area contributed by atoms with Crippen LogP contribution in [-0.2, 0) is 20.0 Å². The molecule has 0 radical (unpaired) electrons. The van der Waals surface area contributed by atoms with Gasteiger partial charge in [0.1, 0.15) is 71.2 Å². The standard InChI is InChI=1S/C22H18F3NO7S.C22H19NO8S/c23-22(24,25)33-19-7-3-4-8-20(19)34(29,30)26-15-9-11-16(12-10-15)31-13-14-32-18-6-2-1-5-17(18)21(27)28;24-21(25)15-5-11-18(12-6-15)32(28,29)23-16-7-9-17(10-8-16)30-13-14-31-20-4-2-1-3-19(20)22(26)27/h1-12,26H,13-14H2,(H,27,28);1-12,23H,13-14H2,(H,24,25)(H,26,27). The van der Waals surface area contributed by atoms with Crippen molar-refractivity contribution in [3.63, 3.8) is 0 Å². The van der Waals surface area contributed by atoms with Crippen LogP contribution in [-0.4, -0.2) is 82.9 Å². The number of nitrogens with one attached hydrogen (secondary N) is 2. The molecule has 0 aliphatic carbocycles. The van der Waals surface area contributed by atoms with Crippen molar-refractivity contribution in [3.8, 4) is 28.7 Å². The van der Waals surface area contributed by atoms with Crippen LogP contribution < -0.4 is 33.1 Å². The predicted octanol–water partition coefficient (Wildman–Crippen LogP) is 7.88. The molecule has 0 spiro atoms. The van der Waals surface area contributed by atoms with Gasteiger partial charge in [0.25, 0.3) is 20.0 Å². The lowest BCUT2D eigenvalue weighted by molar-refractivity contribution is -0.275. The summed E-state index contributed by atoms with van der Waals surface area (Å²) in [7, 11) is -8.26. The van der Waals surface area contributed by atoms with E-state index in [0.717, 1.165) is 12.1 Å². The molecule has 0 saturated carbocycles. The van der Waals surface area contributed by atoms with Crippen LogP contribution in [0.4, 0.5) is 24.5 Å². The number of carbonyl (C=O) groups is 3. The van der Waals surface area contributed by atoms with Crippen LogP contribution in [0.3, 0.4) is 0 Å². The number of alkyl halides is 3. The summed E-state index contributed by atoms with van der Waals surface area (Å²) in [4.78, 5) is 32.5. The molecule has 66 heavy (non-hydrogen) atoms. The smallest absolute Gasteiger partial charge is 0.490 e. The fraction of sp³-hybridized carbons (Fsp3) is 0.114. The minimum absolute atomic E-state index is 0.0131. The third-order valence-electron chi connectivity index (χ3n) is 8.44. The topological polar surface area (TPSA) is 250 Å². The molecule has 0 heterocycles. The van der Waals surface area contributed by atoms with E-state index in [1.807, 2.05) is 0 Å². The summed E-state index contributed by atoms with van der Waals surface area (Å²) in [6.45, 7) is 0.385. The molecular weight excluding hydrogens is 918 g/mol. The van der Waals surface area contributed by atoms with Crippen molar-refractivity contribution < 1.29 is 83.4 Å². The number of hydrogen-bond acceptors (Lipinski definition) is 12. The van der Waals surface area contributed by atoms with E-state index in [-0.39, 0.29) is 65.2 Å². The van der Waals surface area contributed by atoms with E-state index in [9.17, 15) is 44.4 Å². The van der Waals surface area contributed by atoms with Gasteiger partial charge in [0.15, 0.2) is 0 Å². The second-order valence-electron chi connectivity index (χ2n) is 13.1. The zero-order chi connectivity index (χ0) is 47.9. The summed E-state index contributed by atoms with van der Waals surface area (Å²) in [5.41, 5.74) is 0.441. The van der Waals surface area contributed by atoms with Gasteiger partial charge in [0.05, 0.1) is 10.5 Å². The number of benzene rings is 6. The molecule has 0 bridgehead atoms. The Morgan fingerprint density at radius 2 is 0.864 bits per heavy atom. The lowest BCUT2D eigenvalue weighted by Gasteiger charge is -2.14. The van der Waals surface area contributed by atoms with E-state index in [1.54, 1.807) is 42.5 Å². The minimum Gasteiger partial charge on any atom is -0.490 e. The summed E-state index contributed by atoms with van der Waals surface area (Å²) in [6, 6.07) is 33.4. The van der Waals surface area contributed by atoms with Crippen LogP contribution in [0.1, 0.15) is 31.1 Å². The minimum atomic E-state index is -5.05. The number of sulfonamides is 2. The molecule has 17 nitrogen and oxygen atoms in total. The van der Waals surface area contributed by atoms with E-state index in [1.165, 1.54) is 91.0 Å². The summed E-state index contributed by atoms with van der Waals surface area (Å²) >= 11 is 0. The fourth-order valence-corrected chi connectivity index (χ4v) is 7.73. The van der Waals surface area contributed by atoms with Crippen LogP contribution in [0, 0.1) is 0 Å². The molecule has 0 aromatic heterocycles. The highest BCUT2D eigenvalue weighted by Crippen LogP contribution is 2.31. The van der Waals surface area contributed by atoms with Gasteiger partial charge in [0, 0.05) is 11.4 Å². The molecule has 6 aromatic rings. The summed E-state index contributed by atoms with van der Waals surface area (Å²) < 4.78 is 118. The zero-order valence-electron chi connectivity index (χ0n) is 33.9. The predicted molar refractivity (Wildman–Crippen MR) is 230 cm³/mol. The molecule has 6 aromatic carbocycles. The Balaban J connectivity index is 0.000000248. The maximum atomic E-state index is 12.6. The summed E-state index contributed by atoms with van der Waals surface area (Å²) in [6.07, 6.45) is -5.05. The Bertz CT molecular complexity index is 2850. The molecule has 0 atom stereocenters. The van der Waals surface area contributed by atoms with Gasteiger partial charge in [-0.3, -0.25) is 9.44 Å². The van der Waals surface area contributed by atoms with Gasteiger partial charge < -0.3 is 39.0 Å². The molecule has 6 rings (SSSR count). The summed E-state index contributed by atoms with van der Waals surface area (Å²) in [5, 5.41) is 27.2. The summed E-state index contributed by atoms with van der Waals surface area (Å²) in [5.74, 6) is -2.95. The average molecular weight is 955 g/mol. The molecule has 0 fully saturated rings. The first-order valence-corrected chi connectivity index (χ1v) is 21.9. The highest BCUT2D eigenvalue weighted by molar-refractivity contribution is 7.93. The van der Waals surface area contributed by atoms with Gasteiger partial charge in [-0.05, 0) is 109 Å². The molecular formula is C44H37F3N2O15S2. The lowest BCUT2D eigenvalue weighted by atomic mass is 10.2. The van der Waals surface area contributed by atoms with Crippen molar-refractivity contribution in [1.29, 1.82) is 0 Å². The highest BCUT2D eigenvalue weighted by Gasteiger charge is 2.34. The molecule has 0 unspecified atom stereocenters. The molecule has 0 aliphatic heterocycles. The van der Waals surface area contributed by atoms with Gasteiger partial charge in [0.2, 0.25) is 0 Å². The number of rotatable bonds is 20. The lowest BCUT2D eigenvalue weighted by Crippen LogP contribution is -2.20. The molecule has 0 amide bonds. The number of carboxylic acids is 3. The highest BCUT2D eigenvalue weighted by atomic mass is 32.2. The van der Waals surface area contributed by atoms with Gasteiger partial charge in [-0.1, -0.05) is 36.4 Å². The molecule has 5 N–H and O–H groups in total. The monoisotopic (exact) mass is 954 g/mol. The van der Waals surface area contributed by atoms with Crippen molar-refractivity contribution in [2.75, 3.05) is 35.9 Å². The van der Waals surface area contributed by atoms with Crippen molar-refractivity contribution in [1.82, 2.24) is 0 Å². The SMILES string of the molecule is O=C(O)c1ccc(S(=O)(=O)Nc2ccc(OCCOc3ccccc3C(=O)O)cc2)cc1.O=C(O)c1ccccc1OCCOc1ccc(NS(=O)(=O)c2ccccc2OC(F)(F)F)cc1. The van der Waals surface area contributed by atoms with Gasteiger partial charge in [-0.25, -0.2) is 31.2 Å². The Labute approximate surface area is 374 Å². The maximum Gasteiger partial charge on any atom is 0.573 e. The Morgan fingerprint density at radius 3 is 1.29 bits per heavy atom. The first kappa shape index (κ1) is 49.0. The van der Waals surface area contributed by atoms with Crippen LogP contribution in [0.25, 0.3) is 0 Å². The second-order valence-corrected chi connectivity index (χ2v) is 16.4. The van der Waals surface area contributed by atoms with Crippen LogP contribution in [0.5, 0.6) is 28.7 Å². The van der Waals surface area contributed by atoms with E-state index >= 15 is 0 Å². The number of aromatic carboxylic acids is 3. The third-order valence-corrected chi connectivity index (χ3v) is 11.3. The number of carboxylic acid groups (broad SMARTS) is 3. The number of para-hydroxylation sites is 3. The van der Waals surface area contributed by atoms with Crippen molar-refractivity contribution in [2.24, 2.45) is 0 Å². The molecule has 0 aliphatic rings. The Morgan fingerprint density at radius 1 is 0.470 bits per heavy atom. The van der Waals surface area contributed by atoms with E-state index in [4.69, 9.17) is 34.3 Å². The van der Waals surface area contributed by atoms with Crippen molar-refractivity contribution in [2.45, 2.75) is 16.2 Å². The quantitative estimate of drug-likeness (QED) is 0.0457. The number of halogens is 3. The Hall–Kier alpha value is -7.98. The number of hydrogen-bond donors (Lipinski definition) is 5. The van der Waals surface area contributed by atoms with Crippen LogP contribution >= 0.6 is 0 Å². The average Bonchev–Trinajstić information content (AvgIpc) is 3.27. The number of anilines is 2. The van der Waals surface area contributed by atoms with Crippen LogP contribution in [0.2, 0.25) is 0 Å². The second kappa shape index (κ2) is 22.1. The first-order valence-electron chi connectivity index (χ1n) is 18.9. The van der Waals surface area contributed by atoms with Crippen molar-refractivity contribution in [3.05, 3.63) is 162 Å². The normalized spacial score (nSPS) is 11.2. The number of ether oxygens (including phenoxy) is 5. The van der Waals surface area contributed by atoms with Crippen LogP contribution in [0.15, 0.2) is 155 Å². The third kappa shape index (κ3) is 14.5. The Kier molecular flexibility index (Phi) is 16.4. The van der Waals surface area contributed by atoms with E-state index in [2.05, 4.69) is 14.2 Å². The fourth-order valence-electron chi connectivity index (χ4n) is 5.48. The van der Waals surface area contributed by atoms with Crippen molar-refractivity contribution >= 4 is 49.3 Å².